The molecule has 0 aliphatic carbocycles. The molecule has 0 aromatic heterocycles. The molecule has 2 N–H and O–H groups in total. The molecule has 0 bridgehead atoms. The number of piperidine rings is 2. The van der Waals surface area contributed by atoms with Crippen LogP contribution in [0.5, 0.6) is 0 Å². The van der Waals surface area contributed by atoms with Crippen LogP contribution in [-0.4, -0.2) is 68.7 Å². The van der Waals surface area contributed by atoms with Crippen LogP contribution >= 0.6 is 0 Å². The number of nitrogens with zero attached hydrogens (tertiary/aromatic N) is 2. The standard InChI is InChI=1S/C24H33FN4O4/c25-20-2-1-19(15-21(20)29-13-7-22(30)27-24(29)32)23(31)28-11-5-18(6-12-28)16-33-14-8-17-3-9-26-10-4-17/h1-2,15,17-18,26H,3-14,16H2,(H,27,30,32). The van der Waals surface area contributed by atoms with Crippen molar-refractivity contribution in [1.29, 1.82) is 0 Å². The van der Waals surface area contributed by atoms with Crippen molar-refractivity contribution >= 4 is 23.5 Å². The van der Waals surface area contributed by atoms with Crippen LogP contribution in [0.4, 0.5) is 14.9 Å². The van der Waals surface area contributed by atoms with Crippen LogP contribution in [0, 0.1) is 17.7 Å². The van der Waals surface area contributed by atoms with E-state index in [0.717, 1.165) is 51.5 Å². The number of hydrogen-bond donors (Lipinski definition) is 2. The SMILES string of the molecule is O=C1CCN(c2cc(C(=O)N3CCC(COCCC4CCNCC4)CC3)ccc2F)C(=O)N1. The molecule has 3 heterocycles. The van der Waals surface area contributed by atoms with E-state index in [1.807, 2.05) is 0 Å². The van der Waals surface area contributed by atoms with Gasteiger partial charge in [-0.2, -0.15) is 0 Å². The molecular weight excluding hydrogens is 427 g/mol. The zero-order valence-electron chi connectivity index (χ0n) is 19.0. The molecule has 4 amide bonds. The number of hydrogen-bond acceptors (Lipinski definition) is 5. The van der Waals surface area contributed by atoms with Crippen molar-refractivity contribution in [3.05, 3.63) is 29.6 Å². The number of carbonyl (C=O) groups excluding carboxylic acids is 3. The number of halogens is 1. The monoisotopic (exact) mass is 460 g/mol. The van der Waals surface area contributed by atoms with E-state index in [0.29, 0.717) is 24.6 Å². The second kappa shape index (κ2) is 11.1. The summed E-state index contributed by atoms with van der Waals surface area (Å²) in [6.45, 7) is 5.10. The highest BCUT2D eigenvalue weighted by molar-refractivity contribution is 6.06. The summed E-state index contributed by atoms with van der Waals surface area (Å²) in [4.78, 5) is 39.4. The Morgan fingerprint density at radius 1 is 1.06 bits per heavy atom. The fourth-order valence-corrected chi connectivity index (χ4v) is 4.80. The summed E-state index contributed by atoms with van der Waals surface area (Å²) in [6, 6.07) is 3.39. The summed E-state index contributed by atoms with van der Waals surface area (Å²) < 4.78 is 20.3. The molecule has 180 valence electrons. The molecule has 1 aromatic carbocycles. The van der Waals surface area contributed by atoms with Crippen molar-refractivity contribution in [2.45, 2.75) is 38.5 Å². The average Bonchev–Trinajstić information content (AvgIpc) is 2.83. The fourth-order valence-electron chi connectivity index (χ4n) is 4.80. The van der Waals surface area contributed by atoms with E-state index in [4.69, 9.17) is 4.74 Å². The summed E-state index contributed by atoms with van der Waals surface area (Å²) in [5.74, 6) is 0.0525. The molecule has 4 rings (SSSR count). The van der Waals surface area contributed by atoms with Crippen LogP contribution in [-0.2, 0) is 9.53 Å². The molecule has 0 radical (unpaired) electrons. The highest BCUT2D eigenvalue weighted by Gasteiger charge is 2.29. The Bertz CT molecular complexity index is 866. The molecule has 33 heavy (non-hydrogen) atoms. The van der Waals surface area contributed by atoms with Gasteiger partial charge >= 0.3 is 6.03 Å². The second-order valence-corrected chi connectivity index (χ2v) is 9.21. The maximum Gasteiger partial charge on any atom is 0.328 e. The quantitative estimate of drug-likeness (QED) is 0.611. The van der Waals surface area contributed by atoms with E-state index < -0.39 is 11.8 Å². The van der Waals surface area contributed by atoms with E-state index in [-0.39, 0.29) is 30.5 Å². The van der Waals surface area contributed by atoms with Gasteiger partial charge in [0.25, 0.3) is 5.91 Å². The maximum atomic E-state index is 14.4. The predicted octanol–water partition coefficient (Wildman–Crippen LogP) is 2.53. The molecule has 9 heteroatoms. The molecule has 3 aliphatic rings. The van der Waals surface area contributed by atoms with Gasteiger partial charge in [0.15, 0.2) is 0 Å². The fraction of sp³-hybridized carbons (Fsp3) is 0.625. The lowest BCUT2D eigenvalue weighted by molar-refractivity contribution is -0.120. The Balaban J connectivity index is 1.25. The summed E-state index contributed by atoms with van der Waals surface area (Å²) in [5, 5.41) is 5.57. The van der Waals surface area contributed by atoms with Gasteiger partial charge in [0.2, 0.25) is 5.91 Å². The molecule has 3 aliphatic heterocycles. The van der Waals surface area contributed by atoms with Crippen molar-refractivity contribution in [2.24, 2.45) is 11.8 Å². The normalized spacial score (nSPS) is 20.8. The first-order valence-electron chi connectivity index (χ1n) is 12.0. The molecule has 0 spiro atoms. The van der Waals surface area contributed by atoms with Crippen LogP contribution in [0.1, 0.15) is 48.9 Å². The van der Waals surface area contributed by atoms with Gasteiger partial charge in [-0.3, -0.25) is 19.8 Å². The van der Waals surface area contributed by atoms with E-state index in [1.165, 1.54) is 35.9 Å². The molecular formula is C24H33FN4O4. The lowest BCUT2D eigenvalue weighted by Gasteiger charge is -2.32. The minimum Gasteiger partial charge on any atom is -0.381 e. The van der Waals surface area contributed by atoms with E-state index in [1.54, 1.807) is 4.90 Å². The number of nitrogens with one attached hydrogen (secondary N) is 2. The number of urea groups is 1. The lowest BCUT2D eigenvalue weighted by Crippen LogP contribution is -2.50. The predicted molar refractivity (Wildman–Crippen MR) is 122 cm³/mol. The zero-order chi connectivity index (χ0) is 23.2. The zero-order valence-corrected chi connectivity index (χ0v) is 19.0. The highest BCUT2D eigenvalue weighted by atomic mass is 19.1. The maximum absolute atomic E-state index is 14.4. The van der Waals surface area contributed by atoms with Crippen LogP contribution < -0.4 is 15.5 Å². The van der Waals surface area contributed by atoms with Gasteiger partial charge in [-0.25, -0.2) is 9.18 Å². The molecule has 1 aromatic rings. The number of amides is 4. The van der Waals surface area contributed by atoms with Crippen LogP contribution in [0.15, 0.2) is 18.2 Å². The lowest BCUT2D eigenvalue weighted by atomic mass is 9.95. The number of ether oxygens (including phenoxy) is 1. The molecule has 0 unspecified atom stereocenters. The van der Waals surface area contributed by atoms with Gasteiger partial charge < -0.3 is 15.0 Å². The van der Waals surface area contributed by atoms with E-state index >= 15 is 0 Å². The molecule has 3 fully saturated rings. The minimum absolute atomic E-state index is 0.0166. The summed E-state index contributed by atoms with van der Waals surface area (Å²) >= 11 is 0. The molecule has 8 nitrogen and oxygen atoms in total. The highest BCUT2D eigenvalue weighted by Crippen LogP contribution is 2.25. The van der Waals surface area contributed by atoms with Gasteiger partial charge in [0, 0.05) is 44.8 Å². The first-order valence-corrected chi connectivity index (χ1v) is 12.0. The molecule has 0 saturated carbocycles. The Morgan fingerprint density at radius 2 is 1.82 bits per heavy atom. The van der Waals surface area contributed by atoms with Gasteiger partial charge in [-0.15, -0.1) is 0 Å². The third-order valence-electron chi connectivity index (χ3n) is 6.92. The van der Waals surface area contributed by atoms with E-state index in [2.05, 4.69) is 10.6 Å². The van der Waals surface area contributed by atoms with Crippen LogP contribution in [0.2, 0.25) is 0 Å². The van der Waals surface area contributed by atoms with Gasteiger partial charge in [-0.1, -0.05) is 0 Å². The molecule has 0 atom stereocenters. The Kier molecular flexibility index (Phi) is 7.93. The van der Waals surface area contributed by atoms with E-state index in [9.17, 15) is 18.8 Å². The summed E-state index contributed by atoms with van der Waals surface area (Å²) in [5.41, 5.74) is 0.357. The Morgan fingerprint density at radius 3 is 2.55 bits per heavy atom. The average molecular weight is 461 g/mol. The van der Waals surface area contributed by atoms with Crippen LogP contribution in [0.25, 0.3) is 0 Å². The van der Waals surface area contributed by atoms with Gasteiger partial charge in [-0.05, 0) is 75.2 Å². The largest absolute Gasteiger partial charge is 0.381 e. The van der Waals surface area contributed by atoms with Gasteiger partial charge in [0.05, 0.1) is 5.69 Å². The number of rotatable bonds is 7. The number of imide groups is 1. The Labute approximate surface area is 193 Å². The third kappa shape index (κ3) is 6.09. The van der Waals surface area contributed by atoms with Crippen molar-refractivity contribution in [2.75, 3.05) is 50.8 Å². The smallest absolute Gasteiger partial charge is 0.328 e. The van der Waals surface area contributed by atoms with Crippen molar-refractivity contribution < 1.29 is 23.5 Å². The van der Waals surface area contributed by atoms with Crippen molar-refractivity contribution in [3.63, 3.8) is 0 Å². The minimum atomic E-state index is -0.671. The second-order valence-electron chi connectivity index (χ2n) is 9.21. The number of benzene rings is 1. The topological polar surface area (TPSA) is 91.0 Å². The first kappa shape index (κ1) is 23.6. The summed E-state index contributed by atoms with van der Waals surface area (Å²) in [6.07, 6.45) is 5.44. The molecule has 3 saturated heterocycles. The van der Waals surface area contributed by atoms with Crippen molar-refractivity contribution in [3.8, 4) is 0 Å². The van der Waals surface area contributed by atoms with Crippen LogP contribution in [0.3, 0.4) is 0 Å². The van der Waals surface area contributed by atoms with Crippen molar-refractivity contribution in [1.82, 2.24) is 15.5 Å². The number of likely N-dealkylation sites (tertiary alicyclic amines) is 1. The third-order valence-corrected chi connectivity index (χ3v) is 6.92. The first-order chi connectivity index (χ1) is 16.0. The number of anilines is 1. The Hall–Kier alpha value is -2.52. The van der Waals surface area contributed by atoms with Gasteiger partial charge in [0.1, 0.15) is 5.82 Å². The summed E-state index contributed by atoms with van der Waals surface area (Å²) in [7, 11) is 0. The number of carbonyl (C=O) groups is 3.